The molecule has 5 nitrogen and oxygen atoms in total. The topological polar surface area (TPSA) is 56.8 Å². The van der Waals surface area contributed by atoms with Crippen molar-refractivity contribution in [2.75, 3.05) is 32.8 Å². The van der Waals surface area contributed by atoms with Crippen LogP contribution in [0, 0.1) is 0 Å². The Kier molecular flexibility index (Phi) is 5.24. The summed E-state index contributed by atoms with van der Waals surface area (Å²) >= 11 is 0. The van der Waals surface area contributed by atoms with E-state index in [4.69, 9.17) is 14.2 Å². The third-order valence-electron chi connectivity index (χ3n) is 4.77. The zero-order valence-electron chi connectivity index (χ0n) is 14.6. The smallest absolute Gasteiger partial charge is 0.235 e. The lowest BCUT2D eigenvalue weighted by Crippen LogP contribution is -2.44. The predicted molar refractivity (Wildman–Crippen MR) is 96.3 cm³/mol. The van der Waals surface area contributed by atoms with Crippen molar-refractivity contribution in [1.82, 2.24) is 0 Å². The third kappa shape index (κ3) is 3.61. The molecule has 0 unspecified atom stereocenters. The highest BCUT2D eigenvalue weighted by molar-refractivity contribution is 5.99. The molecule has 0 bridgehead atoms. The van der Waals surface area contributed by atoms with Crippen LogP contribution in [0.15, 0.2) is 48.5 Å². The predicted octanol–water partition coefficient (Wildman–Crippen LogP) is 3.39. The lowest BCUT2D eigenvalue weighted by atomic mass is 9.73. The zero-order valence-corrected chi connectivity index (χ0v) is 14.6. The highest BCUT2D eigenvalue weighted by Gasteiger charge is 2.41. The van der Waals surface area contributed by atoms with Crippen LogP contribution in [0.1, 0.15) is 18.4 Å². The Bertz CT molecular complexity index is 703. The normalized spacial score (nSPS) is 16.1. The standard InChI is InChI=1S/C20H23NO4/c1-23-17-7-3-15(4-8-17)20(11-13-25-14-12-20)19(22)21-16-5-9-18(24-2)10-6-16/h3-10H,11-14H2,1-2H3,(H,21,22). The Morgan fingerprint density at radius 1 is 0.920 bits per heavy atom. The average molecular weight is 341 g/mol. The molecule has 1 fully saturated rings. The van der Waals surface area contributed by atoms with Crippen molar-refractivity contribution in [3.05, 3.63) is 54.1 Å². The van der Waals surface area contributed by atoms with E-state index in [0.29, 0.717) is 26.1 Å². The quantitative estimate of drug-likeness (QED) is 0.906. The molecule has 3 rings (SSSR count). The molecule has 1 aliphatic heterocycles. The highest BCUT2D eigenvalue weighted by Crippen LogP contribution is 2.37. The van der Waals surface area contributed by atoms with Gasteiger partial charge in [-0.3, -0.25) is 4.79 Å². The molecule has 0 aromatic heterocycles. The maximum atomic E-state index is 13.2. The van der Waals surface area contributed by atoms with Gasteiger partial charge >= 0.3 is 0 Å². The molecule has 1 N–H and O–H groups in total. The van der Waals surface area contributed by atoms with Crippen LogP contribution in [0.4, 0.5) is 5.69 Å². The number of methoxy groups -OCH3 is 2. The number of carbonyl (C=O) groups is 1. The first-order valence-corrected chi connectivity index (χ1v) is 8.36. The van der Waals surface area contributed by atoms with Gasteiger partial charge in [-0.25, -0.2) is 0 Å². The minimum Gasteiger partial charge on any atom is -0.497 e. The van der Waals surface area contributed by atoms with Crippen LogP contribution in [0.25, 0.3) is 0 Å². The number of rotatable bonds is 5. The molecular formula is C20H23NO4. The lowest BCUT2D eigenvalue weighted by Gasteiger charge is -2.36. The van der Waals surface area contributed by atoms with Gasteiger partial charge in [0.2, 0.25) is 5.91 Å². The maximum Gasteiger partial charge on any atom is 0.235 e. The Morgan fingerprint density at radius 2 is 1.44 bits per heavy atom. The van der Waals surface area contributed by atoms with Gasteiger partial charge in [0.1, 0.15) is 11.5 Å². The van der Waals surface area contributed by atoms with E-state index in [2.05, 4.69) is 5.32 Å². The fourth-order valence-corrected chi connectivity index (χ4v) is 3.20. The van der Waals surface area contributed by atoms with Gasteiger partial charge in [0.25, 0.3) is 0 Å². The lowest BCUT2D eigenvalue weighted by molar-refractivity contribution is -0.125. The summed E-state index contributed by atoms with van der Waals surface area (Å²) in [6, 6.07) is 15.1. The molecule has 1 amide bonds. The minimum atomic E-state index is -0.593. The van der Waals surface area contributed by atoms with Crippen LogP contribution in [0.5, 0.6) is 11.5 Å². The van der Waals surface area contributed by atoms with Crippen molar-refractivity contribution in [3.63, 3.8) is 0 Å². The van der Waals surface area contributed by atoms with Crippen LogP contribution in [0.3, 0.4) is 0 Å². The first-order chi connectivity index (χ1) is 12.2. The Labute approximate surface area is 147 Å². The number of benzene rings is 2. The molecule has 25 heavy (non-hydrogen) atoms. The Hall–Kier alpha value is -2.53. The summed E-state index contributed by atoms with van der Waals surface area (Å²) in [7, 11) is 3.25. The molecular weight excluding hydrogens is 318 g/mol. The molecule has 0 aliphatic carbocycles. The minimum absolute atomic E-state index is 0.00821. The summed E-state index contributed by atoms with van der Waals surface area (Å²) in [6.45, 7) is 1.14. The second kappa shape index (κ2) is 7.57. The summed E-state index contributed by atoms with van der Waals surface area (Å²) in [5.74, 6) is 1.53. The third-order valence-corrected chi connectivity index (χ3v) is 4.77. The molecule has 2 aromatic rings. The molecule has 5 heteroatoms. The second-order valence-electron chi connectivity index (χ2n) is 6.11. The number of amides is 1. The summed E-state index contributed by atoms with van der Waals surface area (Å²) in [6.07, 6.45) is 1.31. The molecule has 1 heterocycles. The molecule has 0 spiro atoms. The van der Waals surface area contributed by atoms with Gasteiger partial charge in [0.15, 0.2) is 0 Å². The van der Waals surface area contributed by atoms with Crippen LogP contribution < -0.4 is 14.8 Å². The van der Waals surface area contributed by atoms with Crippen molar-refractivity contribution < 1.29 is 19.0 Å². The first kappa shape index (κ1) is 17.3. The molecule has 2 aromatic carbocycles. The van der Waals surface area contributed by atoms with E-state index in [1.165, 1.54) is 0 Å². The summed E-state index contributed by atoms with van der Waals surface area (Å²) in [5, 5.41) is 3.05. The monoisotopic (exact) mass is 341 g/mol. The van der Waals surface area contributed by atoms with Crippen LogP contribution in [-0.2, 0) is 14.9 Å². The van der Waals surface area contributed by atoms with Gasteiger partial charge < -0.3 is 19.5 Å². The molecule has 1 saturated heterocycles. The van der Waals surface area contributed by atoms with E-state index in [1.807, 2.05) is 48.5 Å². The van der Waals surface area contributed by atoms with Crippen LogP contribution in [-0.4, -0.2) is 33.3 Å². The van der Waals surface area contributed by atoms with Crippen molar-refractivity contribution in [2.45, 2.75) is 18.3 Å². The maximum absolute atomic E-state index is 13.2. The number of nitrogens with one attached hydrogen (secondary N) is 1. The SMILES string of the molecule is COc1ccc(NC(=O)C2(c3ccc(OC)cc3)CCOCC2)cc1. The fraction of sp³-hybridized carbons (Fsp3) is 0.350. The van der Waals surface area contributed by atoms with Gasteiger partial charge in [0, 0.05) is 18.9 Å². The summed E-state index contributed by atoms with van der Waals surface area (Å²) in [4.78, 5) is 13.2. The first-order valence-electron chi connectivity index (χ1n) is 8.36. The van der Waals surface area contributed by atoms with Crippen LogP contribution in [0.2, 0.25) is 0 Å². The largest absolute Gasteiger partial charge is 0.497 e. The van der Waals surface area contributed by atoms with Gasteiger partial charge in [0.05, 0.1) is 19.6 Å². The van der Waals surface area contributed by atoms with Crippen molar-refractivity contribution in [3.8, 4) is 11.5 Å². The average Bonchev–Trinajstić information content (AvgIpc) is 2.69. The van der Waals surface area contributed by atoms with E-state index >= 15 is 0 Å². The molecule has 0 saturated carbocycles. The Morgan fingerprint density at radius 3 is 1.96 bits per heavy atom. The van der Waals surface area contributed by atoms with E-state index in [-0.39, 0.29) is 5.91 Å². The van der Waals surface area contributed by atoms with Crippen molar-refractivity contribution in [2.24, 2.45) is 0 Å². The summed E-state index contributed by atoms with van der Waals surface area (Å²) < 4.78 is 15.9. The number of hydrogen-bond donors (Lipinski definition) is 1. The number of anilines is 1. The molecule has 132 valence electrons. The number of hydrogen-bond acceptors (Lipinski definition) is 4. The fourth-order valence-electron chi connectivity index (χ4n) is 3.20. The van der Waals surface area contributed by atoms with Gasteiger partial charge in [-0.15, -0.1) is 0 Å². The van der Waals surface area contributed by atoms with E-state index in [1.54, 1.807) is 14.2 Å². The zero-order chi connectivity index (χ0) is 17.7. The summed E-state index contributed by atoms with van der Waals surface area (Å²) in [5.41, 5.74) is 1.15. The number of ether oxygens (including phenoxy) is 3. The number of carbonyl (C=O) groups excluding carboxylic acids is 1. The Balaban J connectivity index is 1.86. The van der Waals surface area contributed by atoms with E-state index < -0.39 is 5.41 Å². The van der Waals surface area contributed by atoms with Gasteiger partial charge in [-0.1, -0.05) is 12.1 Å². The van der Waals surface area contributed by atoms with Crippen molar-refractivity contribution >= 4 is 11.6 Å². The van der Waals surface area contributed by atoms with Gasteiger partial charge in [-0.05, 0) is 54.8 Å². The van der Waals surface area contributed by atoms with E-state index in [9.17, 15) is 4.79 Å². The molecule has 0 radical (unpaired) electrons. The molecule has 1 aliphatic rings. The van der Waals surface area contributed by atoms with Crippen molar-refractivity contribution in [1.29, 1.82) is 0 Å². The second-order valence-corrected chi connectivity index (χ2v) is 6.11. The molecule has 0 atom stereocenters. The van der Waals surface area contributed by atoms with Crippen LogP contribution >= 0.6 is 0 Å². The highest BCUT2D eigenvalue weighted by atomic mass is 16.5. The van der Waals surface area contributed by atoms with Gasteiger partial charge in [-0.2, -0.15) is 0 Å². The van der Waals surface area contributed by atoms with E-state index in [0.717, 1.165) is 22.7 Å².